The molecule has 0 saturated carbocycles. The molecular weight excluding hydrogens is 273 g/mol. The Morgan fingerprint density at radius 3 is 2.73 bits per heavy atom. The lowest BCUT2D eigenvalue weighted by atomic mass is 9.75. The number of carbonyl (C=O) groups excluding carboxylic acids is 1. The molecule has 0 atom stereocenters. The molecule has 1 aliphatic carbocycles. The second-order valence-electron chi connectivity index (χ2n) is 6.87. The number of aryl methyl sites for hydroxylation is 1. The van der Waals surface area contributed by atoms with Crippen LogP contribution in [0.1, 0.15) is 47.6 Å². The Balaban J connectivity index is 2.18. The fourth-order valence-corrected chi connectivity index (χ4v) is 3.26. The lowest BCUT2D eigenvalue weighted by molar-refractivity contribution is 0.0910. The molecule has 0 spiro atoms. The summed E-state index contributed by atoms with van der Waals surface area (Å²) in [6, 6.07) is 7.84. The number of rotatable bonds is 1. The van der Waals surface area contributed by atoms with Crippen LogP contribution in [0.15, 0.2) is 18.2 Å². The zero-order chi connectivity index (χ0) is 16.1. The second-order valence-corrected chi connectivity index (χ2v) is 6.87. The van der Waals surface area contributed by atoms with E-state index < -0.39 is 0 Å². The van der Waals surface area contributed by atoms with E-state index in [1.807, 2.05) is 37.7 Å². The number of Topliss-reactive ketones (excluding diaryl/α,β-unsaturated/α-hetero) is 1. The van der Waals surface area contributed by atoms with Gasteiger partial charge in [0.05, 0.1) is 28.7 Å². The summed E-state index contributed by atoms with van der Waals surface area (Å²) in [4.78, 5) is 12.4. The monoisotopic (exact) mass is 291 g/mol. The molecule has 1 heterocycles. The van der Waals surface area contributed by atoms with Gasteiger partial charge in [-0.25, -0.2) is 4.68 Å². The van der Waals surface area contributed by atoms with Gasteiger partial charge in [-0.1, -0.05) is 19.3 Å². The van der Waals surface area contributed by atoms with Crippen LogP contribution in [-0.4, -0.2) is 23.4 Å². The molecule has 1 aromatic carbocycles. The first-order chi connectivity index (χ1) is 10.3. The summed E-state index contributed by atoms with van der Waals surface area (Å²) in [6.45, 7) is 6.12. The van der Waals surface area contributed by atoms with Crippen molar-refractivity contribution < 1.29 is 4.79 Å². The molecule has 1 aliphatic rings. The molecule has 0 unspecified atom stereocenters. The van der Waals surface area contributed by atoms with Gasteiger partial charge < -0.3 is 0 Å². The summed E-state index contributed by atoms with van der Waals surface area (Å²) in [6.07, 6.45) is 1.40. The molecular formula is C17H18BN3O. The third kappa shape index (κ3) is 2.25. The highest BCUT2D eigenvalue weighted by atomic mass is 16.1. The van der Waals surface area contributed by atoms with E-state index in [1.54, 1.807) is 0 Å². The van der Waals surface area contributed by atoms with Crippen molar-refractivity contribution in [3.63, 3.8) is 0 Å². The summed E-state index contributed by atoms with van der Waals surface area (Å²) in [5, 5.41) is 13.7. The van der Waals surface area contributed by atoms with Crippen molar-refractivity contribution in [1.82, 2.24) is 9.78 Å². The number of aromatic nitrogens is 2. The quantitative estimate of drug-likeness (QED) is 0.747. The van der Waals surface area contributed by atoms with Gasteiger partial charge in [-0.3, -0.25) is 4.79 Å². The van der Waals surface area contributed by atoms with Crippen molar-refractivity contribution in [2.45, 2.75) is 33.6 Å². The Hall–Kier alpha value is -2.35. The number of ketones is 1. The molecule has 110 valence electrons. The largest absolute Gasteiger partial charge is 0.294 e. The molecule has 0 radical (unpaired) electrons. The van der Waals surface area contributed by atoms with Gasteiger partial charge >= 0.3 is 0 Å². The van der Waals surface area contributed by atoms with Gasteiger partial charge in [0.15, 0.2) is 5.78 Å². The van der Waals surface area contributed by atoms with Gasteiger partial charge in [-0.2, -0.15) is 10.4 Å². The molecule has 0 aliphatic heterocycles. The normalized spacial score (nSPS) is 16.2. The van der Waals surface area contributed by atoms with E-state index in [4.69, 9.17) is 5.26 Å². The molecule has 1 aromatic heterocycles. The Labute approximate surface area is 131 Å². The lowest BCUT2D eigenvalue weighted by Gasteiger charge is -2.29. The zero-order valence-corrected chi connectivity index (χ0v) is 13.4. The number of fused-ring (bicyclic) bond motifs is 1. The maximum atomic E-state index is 12.4. The van der Waals surface area contributed by atoms with E-state index in [1.165, 1.54) is 0 Å². The van der Waals surface area contributed by atoms with Gasteiger partial charge in [-0.05, 0) is 37.0 Å². The molecule has 0 saturated heterocycles. The van der Waals surface area contributed by atoms with Gasteiger partial charge in [-0.15, -0.1) is 0 Å². The van der Waals surface area contributed by atoms with Crippen molar-refractivity contribution in [3.05, 3.63) is 40.7 Å². The fraction of sp³-hybridized carbons (Fsp3) is 0.353. The highest BCUT2D eigenvalue weighted by Crippen LogP contribution is 2.36. The Morgan fingerprint density at radius 2 is 2.09 bits per heavy atom. The fourth-order valence-electron chi connectivity index (χ4n) is 3.26. The number of nitrogens with zero attached hydrogens (tertiary/aromatic N) is 3. The molecule has 0 fully saturated rings. The molecule has 5 heteroatoms. The van der Waals surface area contributed by atoms with Crippen molar-refractivity contribution in [1.29, 1.82) is 5.26 Å². The van der Waals surface area contributed by atoms with Crippen LogP contribution >= 0.6 is 0 Å². The highest BCUT2D eigenvalue weighted by molar-refractivity contribution is 6.34. The van der Waals surface area contributed by atoms with Gasteiger partial charge in [0.2, 0.25) is 0 Å². The van der Waals surface area contributed by atoms with E-state index >= 15 is 0 Å². The molecule has 0 amide bonds. The van der Waals surface area contributed by atoms with Crippen molar-refractivity contribution in [2.24, 2.45) is 5.41 Å². The first kappa shape index (κ1) is 14.6. The first-order valence-electron chi connectivity index (χ1n) is 7.45. The van der Waals surface area contributed by atoms with Crippen LogP contribution in [-0.2, 0) is 6.42 Å². The van der Waals surface area contributed by atoms with E-state index in [2.05, 4.69) is 25.0 Å². The van der Waals surface area contributed by atoms with Crippen molar-refractivity contribution >= 4 is 19.1 Å². The number of hydrogen-bond acceptors (Lipinski definition) is 3. The van der Waals surface area contributed by atoms with Crippen LogP contribution in [0, 0.1) is 23.7 Å². The molecule has 22 heavy (non-hydrogen) atoms. The molecule has 2 aromatic rings. The molecule has 0 bridgehead atoms. The zero-order valence-electron chi connectivity index (χ0n) is 13.4. The highest BCUT2D eigenvalue weighted by Gasteiger charge is 2.35. The standard InChI is InChI=1S/C17H18BN3O/c1-10-16-14(7-17(2,3)8-15(16)22)21(20-10)12-5-4-11(9-19)13(18)6-12/h4-6H,7-8,18H2,1-3H3. The summed E-state index contributed by atoms with van der Waals surface area (Å²) in [7, 11) is 1.92. The lowest BCUT2D eigenvalue weighted by Crippen LogP contribution is -2.28. The molecule has 0 N–H and O–H groups in total. The number of benzene rings is 1. The molecule has 4 nitrogen and oxygen atoms in total. The topological polar surface area (TPSA) is 58.7 Å². The second kappa shape index (κ2) is 4.84. The minimum atomic E-state index is -0.0457. The summed E-state index contributed by atoms with van der Waals surface area (Å²) >= 11 is 0. The first-order valence-corrected chi connectivity index (χ1v) is 7.45. The van der Waals surface area contributed by atoms with Crippen LogP contribution in [0.25, 0.3) is 5.69 Å². The Kier molecular flexibility index (Phi) is 3.21. The molecule has 3 rings (SSSR count). The van der Waals surface area contributed by atoms with Gasteiger partial charge in [0.25, 0.3) is 0 Å². The van der Waals surface area contributed by atoms with Gasteiger partial charge in [0.1, 0.15) is 7.85 Å². The maximum absolute atomic E-state index is 12.4. The van der Waals surface area contributed by atoms with Gasteiger partial charge in [0, 0.05) is 12.0 Å². The minimum Gasteiger partial charge on any atom is -0.294 e. The van der Waals surface area contributed by atoms with Crippen LogP contribution in [0.2, 0.25) is 0 Å². The summed E-state index contributed by atoms with van der Waals surface area (Å²) < 4.78 is 1.87. The van der Waals surface area contributed by atoms with Crippen LogP contribution in [0.5, 0.6) is 0 Å². The smallest absolute Gasteiger partial charge is 0.167 e. The third-order valence-electron chi connectivity index (χ3n) is 4.30. The SMILES string of the molecule is Bc1cc(-n2nc(C)c3c2CC(C)(C)CC3=O)ccc1C#N. The van der Waals surface area contributed by atoms with Crippen LogP contribution in [0.3, 0.4) is 0 Å². The predicted molar refractivity (Wildman–Crippen MR) is 87.6 cm³/mol. The Morgan fingerprint density at radius 1 is 1.36 bits per heavy atom. The maximum Gasteiger partial charge on any atom is 0.167 e. The van der Waals surface area contributed by atoms with Crippen molar-refractivity contribution in [2.75, 3.05) is 0 Å². The predicted octanol–water partition coefficient (Wildman–Crippen LogP) is 1.47. The minimum absolute atomic E-state index is 0.0457. The number of nitriles is 1. The van der Waals surface area contributed by atoms with E-state index in [0.717, 1.165) is 34.5 Å². The average Bonchev–Trinajstić information content (AvgIpc) is 2.74. The van der Waals surface area contributed by atoms with Crippen LogP contribution in [0.4, 0.5) is 0 Å². The van der Waals surface area contributed by atoms with E-state index in [-0.39, 0.29) is 11.2 Å². The average molecular weight is 291 g/mol. The summed E-state index contributed by atoms with van der Waals surface area (Å²) in [5.74, 6) is 0.181. The summed E-state index contributed by atoms with van der Waals surface area (Å²) in [5.41, 5.74) is 5.00. The third-order valence-corrected chi connectivity index (χ3v) is 4.30. The van der Waals surface area contributed by atoms with E-state index in [9.17, 15) is 4.79 Å². The van der Waals surface area contributed by atoms with Crippen molar-refractivity contribution in [3.8, 4) is 11.8 Å². The number of hydrogen-bond donors (Lipinski definition) is 0. The van der Waals surface area contributed by atoms with Crippen LogP contribution < -0.4 is 5.46 Å². The van der Waals surface area contributed by atoms with E-state index in [0.29, 0.717) is 12.0 Å². The Bertz CT molecular complexity index is 827. The number of carbonyl (C=O) groups is 1.